The van der Waals surface area contributed by atoms with Gasteiger partial charge in [0.05, 0.1) is 0 Å². The van der Waals surface area contributed by atoms with Crippen LogP contribution >= 0.6 is 0 Å². The molecule has 0 bridgehead atoms. The zero-order chi connectivity index (χ0) is 7.98. The second-order valence-corrected chi connectivity index (χ2v) is 1.15. The third kappa shape index (κ3) is 2.61. The van der Waals surface area contributed by atoms with Crippen LogP contribution in [-0.4, -0.2) is 18.5 Å². The van der Waals surface area contributed by atoms with Gasteiger partial charge in [-0.05, 0) is 0 Å². The molecule has 0 spiro atoms. The van der Waals surface area contributed by atoms with Crippen LogP contribution in [0.25, 0.3) is 0 Å². The Kier molecular flexibility index (Phi) is 3.56. The molecule has 6 heteroatoms. The summed E-state index contributed by atoms with van der Waals surface area (Å²) in [5, 5.41) is 10.8. The largest absolute Gasteiger partial charge is 0.364 e. The molecule has 0 atom stereocenters. The van der Waals surface area contributed by atoms with Crippen LogP contribution in [0.5, 0.6) is 0 Å². The Morgan fingerprint density at radius 2 is 2.50 bits per heavy atom. The number of carbonyl (C=O) groups excluding carboxylic acids is 1. The van der Waals surface area contributed by atoms with Gasteiger partial charge in [0, 0.05) is 0 Å². The molecule has 0 fully saturated rings. The molecule has 0 aliphatic rings. The fourth-order valence-electron chi connectivity index (χ4n) is 0.209. The van der Waals surface area contributed by atoms with Crippen LogP contribution in [0.1, 0.15) is 0 Å². The lowest BCUT2D eigenvalue weighted by molar-refractivity contribution is -0.112. The van der Waals surface area contributed by atoms with Crippen molar-refractivity contribution >= 4 is 11.6 Å². The Morgan fingerprint density at radius 3 is 2.80 bits per heavy atom. The van der Waals surface area contributed by atoms with E-state index in [1.165, 1.54) is 6.07 Å². The van der Waals surface area contributed by atoms with E-state index in [1.807, 2.05) is 0 Å². The molecular formula is C4H4FN3O2. The number of primary amides is 1. The van der Waals surface area contributed by atoms with E-state index in [2.05, 4.69) is 15.7 Å². The van der Waals surface area contributed by atoms with E-state index in [0.29, 0.717) is 0 Å². The molecule has 0 unspecified atom stereocenters. The molecule has 0 radical (unpaired) electrons. The summed E-state index contributed by atoms with van der Waals surface area (Å²) >= 11 is 0. The van der Waals surface area contributed by atoms with E-state index in [4.69, 9.17) is 5.26 Å². The third-order valence-corrected chi connectivity index (χ3v) is 0.544. The molecule has 5 nitrogen and oxygen atoms in total. The monoisotopic (exact) mass is 145 g/mol. The normalized spacial score (nSPS) is 10.2. The molecule has 0 aromatic carbocycles. The average molecular weight is 145 g/mol. The SMILES string of the molecule is N#CC(=NOCF)C(N)=O. The summed E-state index contributed by atoms with van der Waals surface area (Å²) in [4.78, 5) is 13.8. The van der Waals surface area contributed by atoms with Crippen LogP contribution in [0.2, 0.25) is 0 Å². The highest BCUT2D eigenvalue weighted by Gasteiger charge is 2.04. The van der Waals surface area contributed by atoms with Gasteiger partial charge in [-0.2, -0.15) is 5.26 Å². The molecule has 10 heavy (non-hydrogen) atoms. The van der Waals surface area contributed by atoms with Crippen molar-refractivity contribution in [2.45, 2.75) is 0 Å². The predicted molar refractivity (Wildman–Crippen MR) is 29.3 cm³/mol. The van der Waals surface area contributed by atoms with Gasteiger partial charge in [0.25, 0.3) is 12.8 Å². The topological polar surface area (TPSA) is 88.5 Å². The second-order valence-electron chi connectivity index (χ2n) is 1.15. The van der Waals surface area contributed by atoms with Gasteiger partial charge in [-0.25, -0.2) is 4.39 Å². The molecule has 0 heterocycles. The van der Waals surface area contributed by atoms with E-state index in [0.717, 1.165) is 0 Å². The fraction of sp³-hybridized carbons (Fsp3) is 0.250. The molecule has 0 aromatic rings. The van der Waals surface area contributed by atoms with E-state index in [1.54, 1.807) is 0 Å². The van der Waals surface area contributed by atoms with Crippen molar-refractivity contribution < 1.29 is 14.0 Å². The lowest BCUT2D eigenvalue weighted by atomic mass is 10.4. The molecule has 0 saturated heterocycles. The number of halogens is 1. The van der Waals surface area contributed by atoms with Crippen LogP contribution in [0.15, 0.2) is 5.16 Å². The molecule has 0 saturated carbocycles. The number of nitrogens with zero attached hydrogens (tertiary/aromatic N) is 2. The predicted octanol–water partition coefficient (Wildman–Crippen LogP) is -0.705. The first kappa shape index (κ1) is 8.36. The van der Waals surface area contributed by atoms with Crippen LogP contribution in [0, 0.1) is 11.3 Å². The van der Waals surface area contributed by atoms with Gasteiger partial charge >= 0.3 is 0 Å². The minimum Gasteiger partial charge on any atom is -0.364 e. The molecule has 54 valence electrons. The van der Waals surface area contributed by atoms with Crippen molar-refractivity contribution in [2.75, 3.05) is 6.86 Å². The zero-order valence-electron chi connectivity index (χ0n) is 4.87. The van der Waals surface area contributed by atoms with Gasteiger partial charge in [0.15, 0.2) is 0 Å². The second kappa shape index (κ2) is 4.26. The van der Waals surface area contributed by atoms with Gasteiger partial charge in [-0.15, -0.1) is 0 Å². The number of alkyl halides is 1. The fourth-order valence-corrected chi connectivity index (χ4v) is 0.209. The van der Waals surface area contributed by atoms with Gasteiger partial charge in [-0.3, -0.25) is 4.79 Å². The number of oxime groups is 1. The minimum absolute atomic E-state index is 0.655. The summed E-state index contributed by atoms with van der Waals surface area (Å²) < 4.78 is 11.2. The summed E-state index contributed by atoms with van der Waals surface area (Å²) in [6, 6.07) is 1.32. The van der Waals surface area contributed by atoms with Crippen molar-refractivity contribution in [3.63, 3.8) is 0 Å². The summed E-state index contributed by atoms with van der Waals surface area (Å²) in [5.41, 5.74) is 3.94. The standard InChI is InChI=1S/C4H4FN3O2/c5-2-10-8-3(1-6)4(7)9/h2H2,(H2,7,9). The Hall–Kier alpha value is -1.64. The number of carbonyl (C=O) groups is 1. The highest BCUT2D eigenvalue weighted by atomic mass is 19.1. The van der Waals surface area contributed by atoms with Crippen molar-refractivity contribution in [1.29, 1.82) is 5.26 Å². The first-order chi connectivity index (χ1) is 4.72. The van der Waals surface area contributed by atoms with Crippen molar-refractivity contribution in [1.82, 2.24) is 0 Å². The Balaban J connectivity index is 4.09. The maximum absolute atomic E-state index is 11.2. The lowest BCUT2D eigenvalue weighted by Gasteiger charge is -1.88. The molecule has 2 N–H and O–H groups in total. The van der Waals surface area contributed by atoms with Crippen molar-refractivity contribution in [3.8, 4) is 6.07 Å². The summed E-state index contributed by atoms with van der Waals surface area (Å²) in [7, 11) is 0. The van der Waals surface area contributed by atoms with Crippen LogP contribution in [0.4, 0.5) is 4.39 Å². The van der Waals surface area contributed by atoms with Gasteiger partial charge in [-0.1, -0.05) is 5.16 Å². The quantitative estimate of drug-likeness (QED) is 0.420. The maximum Gasteiger partial charge on any atom is 0.281 e. The highest BCUT2D eigenvalue weighted by molar-refractivity contribution is 6.44. The first-order valence-corrected chi connectivity index (χ1v) is 2.18. The average Bonchev–Trinajstić information content (AvgIpc) is 1.89. The van der Waals surface area contributed by atoms with Gasteiger partial charge in [0.2, 0.25) is 5.71 Å². The zero-order valence-corrected chi connectivity index (χ0v) is 4.87. The molecule has 0 rings (SSSR count). The first-order valence-electron chi connectivity index (χ1n) is 2.18. The number of nitrogens with two attached hydrogens (primary N) is 1. The van der Waals surface area contributed by atoms with E-state index >= 15 is 0 Å². The molecule has 0 aliphatic heterocycles. The number of hydrogen-bond donors (Lipinski definition) is 1. The smallest absolute Gasteiger partial charge is 0.281 e. The van der Waals surface area contributed by atoms with E-state index in [-0.39, 0.29) is 0 Å². The molecule has 1 amide bonds. The summed E-state index contributed by atoms with van der Waals surface area (Å²) in [5.74, 6) is -1.05. The number of hydrogen-bond acceptors (Lipinski definition) is 4. The van der Waals surface area contributed by atoms with Crippen LogP contribution < -0.4 is 5.73 Å². The van der Waals surface area contributed by atoms with Crippen LogP contribution in [0.3, 0.4) is 0 Å². The highest BCUT2D eigenvalue weighted by Crippen LogP contribution is 1.79. The Labute approximate surface area is 55.9 Å². The van der Waals surface area contributed by atoms with E-state index in [9.17, 15) is 9.18 Å². The van der Waals surface area contributed by atoms with E-state index < -0.39 is 18.5 Å². The Morgan fingerprint density at radius 1 is 1.90 bits per heavy atom. The molecule has 0 aromatic heterocycles. The van der Waals surface area contributed by atoms with Gasteiger partial charge < -0.3 is 10.6 Å². The summed E-state index contributed by atoms with van der Waals surface area (Å²) in [6.07, 6.45) is 0. The number of nitriles is 1. The van der Waals surface area contributed by atoms with Crippen molar-refractivity contribution in [3.05, 3.63) is 0 Å². The van der Waals surface area contributed by atoms with Crippen molar-refractivity contribution in [2.24, 2.45) is 10.9 Å². The third-order valence-electron chi connectivity index (χ3n) is 0.544. The maximum atomic E-state index is 11.2. The lowest BCUT2D eigenvalue weighted by Crippen LogP contribution is -2.21. The van der Waals surface area contributed by atoms with Gasteiger partial charge in [0.1, 0.15) is 6.07 Å². The number of amides is 1. The molecule has 0 aliphatic carbocycles. The number of rotatable bonds is 3. The minimum atomic E-state index is -1.20. The van der Waals surface area contributed by atoms with Crippen LogP contribution in [-0.2, 0) is 9.63 Å². The summed E-state index contributed by atoms with van der Waals surface area (Å²) in [6.45, 7) is -1.20. The Bertz CT molecular complexity index is 195. The molecular weight excluding hydrogens is 141 g/mol.